The van der Waals surface area contributed by atoms with Crippen LogP contribution in [0, 0.1) is 12.8 Å². The summed E-state index contributed by atoms with van der Waals surface area (Å²) in [7, 11) is 2.12. The maximum absolute atomic E-state index is 4.69. The fraction of sp³-hybridized carbons (Fsp3) is 0.600. The predicted octanol–water partition coefficient (Wildman–Crippen LogP) is 3.91. The highest BCUT2D eigenvalue weighted by atomic mass is 32.1. The molecule has 0 saturated carbocycles. The molecule has 110 valence electrons. The van der Waals surface area contributed by atoms with E-state index in [2.05, 4.69) is 56.0 Å². The third kappa shape index (κ3) is 3.39. The van der Waals surface area contributed by atoms with Crippen LogP contribution in [0.5, 0.6) is 0 Å². The summed E-state index contributed by atoms with van der Waals surface area (Å²) in [5.41, 5.74) is 0. The second-order valence-corrected chi connectivity index (χ2v) is 6.82. The van der Waals surface area contributed by atoms with Crippen molar-refractivity contribution in [2.24, 2.45) is 5.92 Å². The van der Waals surface area contributed by atoms with Crippen LogP contribution in [0.4, 0.5) is 11.8 Å². The van der Waals surface area contributed by atoms with Crippen molar-refractivity contribution in [1.29, 1.82) is 0 Å². The van der Waals surface area contributed by atoms with Gasteiger partial charge in [0.1, 0.15) is 10.6 Å². The van der Waals surface area contributed by atoms with E-state index in [1.807, 2.05) is 0 Å². The third-order valence-corrected chi connectivity index (χ3v) is 4.18. The number of nitrogens with zero attached hydrogens (tertiary/aromatic N) is 3. The Bertz CT molecular complexity index is 577. The van der Waals surface area contributed by atoms with Gasteiger partial charge in [-0.25, -0.2) is 4.98 Å². The highest BCUT2D eigenvalue weighted by Gasteiger charge is 2.14. The van der Waals surface area contributed by atoms with Crippen molar-refractivity contribution >= 4 is 33.3 Å². The summed E-state index contributed by atoms with van der Waals surface area (Å²) < 4.78 is 0. The number of aryl methyl sites for hydroxylation is 1. The van der Waals surface area contributed by atoms with Crippen molar-refractivity contribution in [1.82, 2.24) is 9.97 Å². The van der Waals surface area contributed by atoms with Crippen molar-refractivity contribution < 1.29 is 0 Å². The number of anilines is 2. The minimum atomic E-state index is 0.701. The van der Waals surface area contributed by atoms with E-state index in [4.69, 9.17) is 4.98 Å². The number of hydrogen-bond donors (Lipinski definition) is 1. The van der Waals surface area contributed by atoms with Crippen molar-refractivity contribution in [2.45, 2.75) is 34.1 Å². The molecule has 5 heteroatoms. The number of rotatable bonds is 6. The normalized spacial score (nSPS) is 11.3. The molecule has 0 aliphatic heterocycles. The van der Waals surface area contributed by atoms with Gasteiger partial charge in [0.2, 0.25) is 5.95 Å². The second kappa shape index (κ2) is 6.39. The number of thiophene rings is 1. The lowest BCUT2D eigenvalue weighted by atomic mass is 10.1. The largest absolute Gasteiger partial charge is 0.359 e. The maximum Gasteiger partial charge on any atom is 0.226 e. The number of nitrogens with one attached hydrogen (secondary N) is 1. The Morgan fingerprint density at radius 1 is 1.35 bits per heavy atom. The van der Waals surface area contributed by atoms with E-state index in [0.29, 0.717) is 5.92 Å². The van der Waals surface area contributed by atoms with Crippen LogP contribution in [-0.4, -0.2) is 30.1 Å². The monoisotopic (exact) mass is 292 g/mol. The molecule has 20 heavy (non-hydrogen) atoms. The Morgan fingerprint density at radius 2 is 2.10 bits per heavy atom. The zero-order valence-corrected chi connectivity index (χ0v) is 13.8. The summed E-state index contributed by atoms with van der Waals surface area (Å²) in [5, 5.41) is 4.39. The second-order valence-electron chi connectivity index (χ2n) is 5.58. The molecule has 2 heterocycles. The minimum Gasteiger partial charge on any atom is -0.359 e. The summed E-state index contributed by atoms with van der Waals surface area (Å²) in [6.45, 7) is 10.5. The molecule has 1 N–H and O–H groups in total. The molecule has 0 atom stereocenters. The number of hydrogen-bond acceptors (Lipinski definition) is 5. The van der Waals surface area contributed by atoms with Crippen LogP contribution in [0.25, 0.3) is 10.2 Å². The van der Waals surface area contributed by atoms with Gasteiger partial charge in [0.05, 0.1) is 5.39 Å². The van der Waals surface area contributed by atoms with Gasteiger partial charge >= 0.3 is 0 Å². The molecule has 0 radical (unpaired) electrons. The molecule has 0 fully saturated rings. The first-order valence-electron chi connectivity index (χ1n) is 7.24. The van der Waals surface area contributed by atoms with Gasteiger partial charge in [-0.2, -0.15) is 4.98 Å². The summed E-state index contributed by atoms with van der Waals surface area (Å²) in [6.07, 6.45) is 1.17. The maximum atomic E-state index is 4.69. The van der Waals surface area contributed by atoms with Crippen LogP contribution in [0.15, 0.2) is 6.07 Å². The Hall–Kier alpha value is -1.36. The van der Waals surface area contributed by atoms with Crippen molar-refractivity contribution in [3.05, 3.63) is 10.9 Å². The average molecular weight is 292 g/mol. The smallest absolute Gasteiger partial charge is 0.226 e. The van der Waals surface area contributed by atoms with E-state index in [1.165, 1.54) is 16.7 Å². The van der Waals surface area contributed by atoms with Gasteiger partial charge in [0, 0.05) is 25.0 Å². The van der Waals surface area contributed by atoms with Gasteiger partial charge < -0.3 is 10.2 Å². The fourth-order valence-corrected chi connectivity index (χ4v) is 2.99. The standard InChI is InChI=1S/C15H24N4S/c1-6-16-15-17-13(19(5)8-7-10(2)3)12-9-11(4)20-14(12)18-15/h9-10H,6-8H2,1-5H3,(H,16,17,18). The van der Waals surface area contributed by atoms with Crippen LogP contribution >= 0.6 is 11.3 Å². The third-order valence-electron chi connectivity index (χ3n) is 3.23. The Morgan fingerprint density at radius 3 is 2.75 bits per heavy atom. The van der Waals surface area contributed by atoms with Gasteiger partial charge in [-0.3, -0.25) is 0 Å². The highest BCUT2D eigenvalue weighted by molar-refractivity contribution is 7.18. The van der Waals surface area contributed by atoms with Crippen LogP contribution in [0.2, 0.25) is 0 Å². The average Bonchev–Trinajstić information content (AvgIpc) is 2.75. The molecule has 0 aliphatic carbocycles. The summed E-state index contributed by atoms with van der Waals surface area (Å²) in [4.78, 5) is 13.9. The minimum absolute atomic E-state index is 0.701. The molecular weight excluding hydrogens is 268 g/mol. The zero-order chi connectivity index (χ0) is 14.7. The van der Waals surface area contributed by atoms with E-state index < -0.39 is 0 Å². The van der Waals surface area contributed by atoms with Crippen LogP contribution < -0.4 is 10.2 Å². The Kier molecular flexibility index (Phi) is 4.81. The highest BCUT2D eigenvalue weighted by Crippen LogP contribution is 2.31. The van der Waals surface area contributed by atoms with Gasteiger partial charge in [-0.15, -0.1) is 11.3 Å². The molecule has 2 aromatic heterocycles. The van der Waals surface area contributed by atoms with Crippen molar-refractivity contribution in [3.63, 3.8) is 0 Å². The van der Waals surface area contributed by atoms with E-state index in [1.54, 1.807) is 11.3 Å². The molecule has 0 aromatic carbocycles. The van der Waals surface area contributed by atoms with Crippen LogP contribution in [0.3, 0.4) is 0 Å². The zero-order valence-electron chi connectivity index (χ0n) is 13.0. The first kappa shape index (κ1) is 15.0. The SMILES string of the molecule is CCNc1nc(N(C)CCC(C)C)c2cc(C)sc2n1. The van der Waals surface area contributed by atoms with Crippen molar-refractivity contribution in [3.8, 4) is 0 Å². The summed E-state index contributed by atoms with van der Waals surface area (Å²) in [6, 6.07) is 2.19. The lowest BCUT2D eigenvalue weighted by Gasteiger charge is -2.20. The number of aromatic nitrogens is 2. The molecule has 0 unspecified atom stereocenters. The molecule has 0 spiro atoms. The molecule has 2 rings (SSSR count). The van der Waals surface area contributed by atoms with Crippen molar-refractivity contribution in [2.75, 3.05) is 30.4 Å². The van der Waals surface area contributed by atoms with Gasteiger partial charge in [0.25, 0.3) is 0 Å². The lowest BCUT2D eigenvalue weighted by Crippen LogP contribution is -2.22. The lowest BCUT2D eigenvalue weighted by molar-refractivity contribution is 0.584. The first-order chi connectivity index (χ1) is 9.51. The quantitative estimate of drug-likeness (QED) is 0.876. The Balaban J connectivity index is 2.37. The van der Waals surface area contributed by atoms with E-state index in [-0.39, 0.29) is 0 Å². The van der Waals surface area contributed by atoms with Gasteiger partial charge in [-0.1, -0.05) is 13.8 Å². The molecule has 2 aromatic rings. The van der Waals surface area contributed by atoms with E-state index in [9.17, 15) is 0 Å². The topological polar surface area (TPSA) is 41.1 Å². The first-order valence-corrected chi connectivity index (χ1v) is 8.06. The van der Waals surface area contributed by atoms with Gasteiger partial charge in [-0.05, 0) is 32.3 Å². The molecule has 0 bridgehead atoms. The van der Waals surface area contributed by atoms with Gasteiger partial charge in [0.15, 0.2) is 0 Å². The molecular formula is C15H24N4S. The molecule has 0 aliphatic rings. The number of fused-ring (bicyclic) bond motifs is 1. The van der Waals surface area contributed by atoms with Crippen LogP contribution in [-0.2, 0) is 0 Å². The van der Waals surface area contributed by atoms with E-state index >= 15 is 0 Å². The van der Waals surface area contributed by atoms with E-state index in [0.717, 1.165) is 29.7 Å². The molecule has 0 saturated heterocycles. The molecule has 4 nitrogen and oxygen atoms in total. The van der Waals surface area contributed by atoms with Crippen LogP contribution in [0.1, 0.15) is 32.1 Å². The summed E-state index contributed by atoms with van der Waals surface area (Å²) >= 11 is 1.73. The predicted molar refractivity (Wildman–Crippen MR) is 89.0 cm³/mol. The summed E-state index contributed by atoms with van der Waals surface area (Å²) in [5.74, 6) is 2.47. The fourth-order valence-electron chi connectivity index (χ4n) is 2.11. The Labute approximate surface area is 125 Å². The molecule has 0 amide bonds.